The number of alkyl halides is 3. The van der Waals surface area contributed by atoms with E-state index in [-0.39, 0.29) is 12.3 Å². The molecule has 3 aliphatic rings. The van der Waals surface area contributed by atoms with E-state index in [9.17, 15) is 22.8 Å². The predicted molar refractivity (Wildman–Crippen MR) is 176 cm³/mol. The number of hydrogen-bond donors (Lipinski definition) is 1. The zero-order chi connectivity index (χ0) is 32.4. The van der Waals surface area contributed by atoms with Crippen LogP contribution in [0.2, 0.25) is 0 Å². The van der Waals surface area contributed by atoms with Crippen molar-refractivity contribution in [1.29, 1.82) is 0 Å². The second-order valence-electron chi connectivity index (χ2n) is 12.8. The molecule has 0 bridgehead atoms. The van der Waals surface area contributed by atoms with Crippen LogP contribution in [0.1, 0.15) is 91.3 Å². The molecule has 6 nitrogen and oxygen atoms in total. The maximum absolute atomic E-state index is 14.8. The standard InChI is InChI=1S/C37H43F3N4O2/c1-2-3-20-43(24-37(38,39)40)36(46)33-26-14-6-5-13-25(26)27-18-19-29(34(32(27)33)44-23-12-9-17-31(44)41)35(45)28-15-7-8-16-30(28)42-21-10-4-11-22-42/h5-8,13-16,18-19,31,33H,2-4,9-12,17,20-24,41H2,1H3. The Hall–Kier alpha value is -3.85. The van der Waals surface area contributed by atoms with E-state index in [0.717, 1.165) is 66.9 Å². The van der Waals surface area contributed by atoms with Gasteiger partial charge in [0.1, 0.15) is 6.54 Å². The van der Waals surface area contributed by atoms with Gasteiger partial charge >= 0.3 is 6.18 Å². The van der Waals surface area contributed by atoms with Gasteiger partial charge in [-0.15, -0.1) is 0 Å². The second kappa shape index (κ2) is 13.5. The lowest BCUT2D eigenvalue weighted by atomic mass is 9.88. The van der Waals surface area contributed by atoms with Gasteiger partial charge in [-0.05, 0) is 79.8 Å². The van der Waals surface area contributed by atoms with Gasteiger partial charge in [0.05, 0.1) is 17.8 Å². The first-order valence-corrected chi connectivity index (χ1v) is 16.7. The third-order valence-electron chi connectivity index (χ3n) is 9.70. The van der Waals surface area contributed by atoms with E-state index in [0.29, 0.717) is 53.7 Å². The molecule has 2 unspecified atom stereocenters. The van der Waals surface area contributed by atoms with E-state index >= 15 is 0 Å². The summed E-state index contributed by atoms with van der Waals surface area (Å²) in [5.74, 6) is -1.75. The molecular formula is C37H43F3N4O2. The van der Waals surface area contributed by atoms with Gasteiger partial charge in [0.25, 0.3) is 0 Å². The quantitative estimate of drug-likeness (QED) is 0.248. The fourth-order valence-corrected chi connectivity index (χ4v) is 7.51. The molecule has 3 aromatic rings. The third kappa shape index (κ3) is 6.26. The zero-order valence-corrected chi connectivity index (χ0v) is 26.5. The number of nitrogens with zero attached hydrogens (tertiary/aromatic N) is 3. The lowest BCUT2D eigenvalue weighted by Crippen LogP contribution is -2.47. The zero-order valence-electron chi connectivity index (χ0n) is 26.5. The van der Waals surface area contributed by atoms with Gasteiger partial charge in [0.15, 0.2) is 5.78 Å². The van der Waals surface area contributed by atoms with Crippen LogP contribution in [0.3, 0.4) is 0 Å². The van der Waals surface area contributed by atoms with Gasteiger partial charge in [0.2, 0.25) is 5.91 Å². The van der Waals surface area contributed by atoms with Crippen LogP contribution in [0.5, 0.6) is 0 Å². The molecule has 2 aliphatic heterocycles. The van der Waals surface area contributed by atoms with Crippen LogP contribution in [-0.4, -0.2) is 61.7 Å². The average molecular weight is 633 g/mol. The Labute approximate surface area is 269 Å². The number of fused-ring (bicyclic) bond motifs is 3. The first-order valence-electron chi connectivity index (χ1n) is 16.7. The molecule has 3 aromatic carbocycles. The van der Waals surface area contributed by atoms with Crippen molar-refractivity contribution in [1.82, 2.24) is 4.90 Å². The average Bonchev–Trinajstić information content (AvgIpc) is 3.40. The summed E-state index contributed by atoms with van der Waals surface area (Å²) < 4.78 is 41.6. The van der Waals surface area contributed by atoms with Crippen molar-refractivity contribution in [3.63, 3.8) is 0 Å². The highest BCUT2D eigenvalue weighted by Crippen LogP contribution is 2.52. The Bertz CT molecular complexity index is 1580. The van der Waals surface area contributed by atoms with Crippen molar-refractivity contribution < 1.29 is 22.8 Å². The van der Waals surface area contributed by atoms with Crippen LogP contribution in [0.25, 0.3) is 11.1 Å². The number of benzene rings is 3. The number of anilines is 2. The third-order valence-corrected chi connectivity index (χ3v) is 9.70. The number of piperidine rings is 2. The molecular weight excluding hydrogens is 589 g/mol. The van der Waals surface area contributed by atoms with Crippen molar-refractivity contribution >= 4 is 23.1 Å². The van der Waals surface area contributed by atoms with Crippen molar-refractivity contribution in [2.75, 3.05) is 42.5 Å². The van der Waals surface area contributed by atoms with Crippen LogP contribution < -0.4 is 15.5 Å². The molecule has 2 saturated heterocycles. The summed E-state index contributed by atoms with van der Waals surface area (Å²) in [4.78, 5) is 34.5. The molecule has 244 valence electrons. The highest BCUT2D eigenvalue weighted by Gasteiger charge is 2.43. The first-order chi connectivity index (χ1) is 22.2. The van der Waals surface area contributed by atoms with Crippen molar-refractivity contribution in [3.05, 3.63) is 82.9 Å². The number of halogens is 3. The molecule has 9 heteroatoms. The van der Waals surface area contributed by atoms with Gasteiger partial charge < -0.3 is 20.4 Å². The monoisotopic (exact) mass is 632 g/mol. The van der Waals surface area contributed by atoms with E-state index in [1.54, 1.807) is 0 Å². The highest BCUT2D eigenvalue weighted by atomic mass is 19.4. The molecule has 2 atom stereocenters. The Balaban J connectivity index is 1.54. The Morgan fingerprint density at radius 1 is 0.870 bits per heavy atom. The molecule has 46 heavy (non-hydrogen) atoms. The summed E-state index contributed by atoms with van der Waals surface area (Å²) in [5.41, 5.74) is 12.1. The van der Waals surface area contributed by atoms with Gasteiger partial charge in [-0.25, -0.2) is 0 Å². The van der Waals surface area contributed by atoms with Crippen molar-refractivity contribution in [2.45, 2.75) is 76.6 Å². The van der Waals surface area contributed by atoms with Crippen LogP contribution in [-0.2, 0) is 4.79 Å². The fraction of sp³-hybridized carbons (Fsp3) is 0.459. The summed E-state index contributed by atoms with van der Waals surface area (Å²) in [6.07, 6.45) is 1.96. The minimum absolute atomic E-state index is 0.00321. The molecule has 2 fully saturated rings. The molecule has 0 radical (unpaired) electrons. The Morgan fingerprint density at radius 2 is 1.59 bits per heavy atom. The van der Waals surface area contributed by atoms with E-state index in [2.05, 4.69) is 4.90 Å². The molecule has 1 amide bonds. The molecule has 2 heterocycles. The number of carbonyl (C=O) groups is 2. The maximum Gasteiger partial charge on any atom is 0.406 e. The lowest BCUT2D eigenvalue weighted by molar-refractivity contribution is -0.161. The van der Waals surface area contributed by atoms with Crippen molar-refractivity contribution in [3.8, 4) is 11.1 Å². The SMILES string of the molecule is CCCCN(CC(F)(F)F)C(=O)C1c2ccccc2-c2ccc(C(=O)c3ccccc3N3CCCCC3)c(N3CCCCC3N)c21. The normalized spacial score (nSPS) is 19.5. The van der Waals surface area contributed by atoms with Crippen LogP contribution >= 0.6 is 0 Å². The van der Waals surface area contributed by atoms with Gasteiger partial charge in [-0.1, -0.05) is 55.8 Å². The topological polar surface area (TPSA) is 69.9 Å². The number of nitrogens with two attached hydrogens (primary N) is 1. The number of carbonyl (C=O) groups excluding carboxylic acids is 2. The second-order valence-corrected chi connectivity index (χ2v) is 12.8. The summed E-state index contributed by atoms with van der Waals surface area (Å²) >= 11 is 0. The van der Waals surface area contributed by atoms with E-state index in [1.807, 2.05) is 72.5 Å². The molecule has 6 rings (SSSR count). The summed E-state index contributed by atoms with van der Waals surface area (Å²) in [7, 11) is 0. The molecule has 0 aromatic heterocycles. The van der Waals surface area contributed by atoms with Crippen molar-refractivity contribution in [2.24, 2.45) is 5.73 Å². The first kappa shape index (κ1) is 32.1. The Kier molecular flexibility index (Phi) is 9.41. The van der Waals surface area contributed by atoms with E-state index in [1.165, 1.54) is 0 Å². The molecule has 2 N–H and O–H groups in total. The van der Waals surface area contributed by atoms with E-state index in [4.69, 9.17) is 5.73 Å². The minimum Gasteiger partial charge on any atom is -0.371 e. The van der Waals surface area contributed by atoms with Gasteiger partial charge in [0, 0.05) is 48.6 Å². The summed E-state index contributed by atoms with van der Waals surface area (Å²) in [5, 5.41) is 0. The fourth-order valence-electron chi connectivity index (χ4n) is 7.51. The van der Waals surface area contributed by atoms with Gasteiger partial charge in [-0.3, -0.25) is 9.59 Å². The van der Waals surface area contributed by atoms with Crippen LogP contribution in [0, 0.1) is 0 Å². The molecule has 0 saturated carbocycles. The molecule has 1 aliphatic carbocycles. The van der Waals surface area contributed by atoms with Crippen LogP contribution in [0.4, 0.5) is 24.5 Å². The Morgan fingerprint density at radius 3 is 2.33 bits per heavy atom. The minimum atomic E-state index is -4.54. The number of para-hydroxylation sites is 1. The summed E-state index contributed by atoms with van der Waals surface area (Å²) in [6, 6.07) is 18.8. The summed E-state index contributed by atoms with van der Waals surface area (Å²) in [6.45, 7) is 2.91. The smallest absolute Gasteiger partial charge is 0.371 e. The number of amides is 1. The van der Waals surface area contributed by atoms with Gasteiger partial charge in [-0.2, -0.15) is 13.2 Å². The number of rotatable bonds is 9. The van der Waals surface area contributed by atoms with Crippen LogP contribution in [0.15, 0.2) is 60.7 Å². The number of hydrogen-bond acceptors (Lipinski definition) is 5. The predicted octanol–water partition coefficient (Wildman–Crippen LogP) is 7.49. The highest BCUT2D eigenvalue weighted by molar-refractivity contribution is 6.17. The lowest BCUT2D eigenvalue weighted by Gasteiger charge is -2.39. The van der Waals surface area contributed by atoms with E-state index < -0.39 is 30.7 Å². The largest absolute Gasteiger partial charge is 0.406 e. The number of unbranched alkanes of at least 4 members (excludes halogenated alkanes) is 1. The molecule has 0 spiro atoms. The number of ketones is 1. The maximum atomic E-state index is 14.8.